The third kappa shape index (κ3) is 3.91. The van der Waals surface area contributed by atoms with Crippen molar-refractivity contribution in [2.45, 2.75) is 12.8 Å². The number of hydrogen-bond donors (Lipinski definition) is 1. The molecule has 0 radical (unpaired) electrons. The van der Waals surface area contributed by atoms with Crippen LogP contribution in [0.25, 0.3) is 9.88 Å². The minimum absolute atomic E-state index is 0.0659. The van der Waals surface area contributed by atoms with Gasteiger partial charge in [0.1, 0.15) is 0 Å². The fraction of sp³-hybridized carbons (Fsp3) is 0.133. The van der Waals surface area contributed by atoms with Crippen LogP contribution < -0.4 is 5.32 Å². The molecule has 4 nitrogen and oxygen atoms in total. The number of aromatic nitrogens is 2. The van der Waals surface area contributed by atoms with Gasteiger partial charge in [-0.05, 0) is 35.6 Å². The minimum atomic E-state index is -0.0659. The van der Waals surface area contributed by atoms with E-state index >= 15 is 0 Å². The van der Waals surface area contributed by atoms with Crippen LogP contribution in [0.5, 0.6) is 0 Å². The zero-order valence-electron chi connectivity index (χ0n) is 11.5. The van der Waals surface area contributed by atoms with Gasteiger partial charge in [0, 0.05) is 11.4 Å². The Bertz CT molecular complexity index is 753. The van der Waals surface area contributed by atoms with Crippen LogP contribution in [-0.4, -0.2) is 16.1 Å². The van der Waals surface area contributed by atoms with Crippen LogP contribution in [0, 0.1) is 0 Å². The molecule has 112 valence electrons. The van der Waals surface area contributed by atoms with Gasteiger partial charge in [-0.25, -0.2) is 0 Å². The molecule has 2 heterocycles. The predicted octanol–water partition coefficient (Wildman–Crippen LogP) is 4.49. The van der Waals surface area contributed by atoms with E-state index in [0.29, 0.717) is 23.0 Å². The van der Waals surface area contributed by atoms with Gasteiger partial charge in [0.2, 0.25) is 11.0 Å². The Hall–Kier alpha value is -1.76. The van der Waals surface area contributed by atoms with E-state index in [4.69, 9.17) is 11.6 Å². The summed E-state index contributed by atoms with van der Waals surface area (Å²) in [5.41, 5.74) is 1.08. The van der Waals surface area contributed by atoms with Gasteiger partial charge < -0.3 is 5.32 Å². The van der Waals surface area contributed by atoms with Gasteiger partial charge in [0.15, 0.2) is 5.01 Å². The molecular formula is C15H12ClN3OS2. The van der Waals surface area contributed by atoms with Crippen LogP contribution in [0.2, 0.25) is 5.02 Å². The number of carbonyl (C=O) groups excluding carboxylic acids is 1. The molecule has 0 unspecified atom stereocenters. The lowest BCUT2D eigenvalue weighted by Gasteiger charge is -2.02. The van der Waals surface area contributed by atoms with Crippen LogP contribution in [0.4, 0.5) is 5.13 Å². The number of thiophene rings is 1. The molecule has 3 aromatic rings. The summed E-state index contributed by atoms with van der Waals surface area (Å²) in [5, 5.41) is 14.9. The number of nitrogens with zero attached hydrogens (tertiary/aromatic N) is 2. The van der Waals surface area contributed by atoms with Crippen LogP contribution in [0.3, 0.4) is 0 Å². The van der Waals surface area contributed by atoms with E-state index in [9.17, 15) is 4.79 Å². The number of halogens is 1. The second kappa shape index (κ2) is 7.00. The summed E-state index contributed by atoms with van der Waals surface area (Å²) in [6.07, 6.45) is 1.06. The van der Waals surface area contributed by atoms with Gasteiger partial charge in [-0.1, -0.05) is 41.1 Å². The van der Waals surface area contributed by atoms with Gasteiger partial charge in [-0.3, -0.25) is 4.79 Å². The van der Waals surface area contributed by atoms with Crippen LogP contribution in [-0.2, 0) is 11.2 Å². The molecule has 1 amide bonds. The van der Waals surface area contributed by atoms with Crippen molar-refractivity contribution in [1.29, 1.82) is 0 Å². The highest BCUT2D eigenvalue weighted by Crippen LogP contribution is 2.29. The first-order valence-corrected chi connectivity index (χ1v) is 8.70. The third-order valence-electron chi connectivity index (χ3n) is 2.96. The van der Waals surface area contributed by atoms with E-state index in [1.54, 1.807) is 11.3 Å². The molecule has 0 aliphatic heterocycles. The molecule has 22 heavy (non-hydrogen) atoms. The van der Waals surface area contributed by atoms with Gasteiger partial charge in [0.05, 0.1) is 4.88 Å². The van der Waals surface area contributed by atoms with Crippen molar-refractivity contribution >= 4 is 45.3 Å². The molecule has 7 heteroatoms. The number of amides is 1. The van der Waals surface area contributed by atoms with Crippen molar-refractivity contribution in [1.82, 2.24) is 10.2 Å². The highest BCUT2D eigenvalue weighted by molar-refractivity contribution is 7.23. The van der Waals surface area contributed by atoms with Crippen molar-refractivity contribution in [3.8, 4) is 9.88 Å². The molecule has 0 aliphatic carbocycles. The maximum atomic E-state index is 12.0. The van der Waals surface area contributed by atoms with Gasteiger partial charge in [0.25, 0.3) is 0 Å². The quantitative estimate of drug-likeness (QED) is 0.738. The van der Waals surface area contributed by atoms with Crippen LogP contribution in [0.1, 0.15) is 12.0 Å². The number of benzene rings is 1. The Labute approximate surface area is 140 Å². The normalized spacial score (nSPS) is 10.6. The minimum Gasteiger partial charge on any atom is -0.301 e. The summed E-state index contributed by atoms with van der Waals surface area (Å²) in [7, 11) is 0. The average Bonchev–Trinajstić information content (AvgIpc) is 3.17. The van der Waals surface area contributed by atoms with E-state index in [1.807, 2.05) is 41.8 Å². The van der Waals surface area contributed by atoms with Crippen molar-refractivity contribution in [2.75, 3.05) is 5.32 Å². The Morgan fingerprint density at radius 3 is 2.73 bits per heavy atom. The SMILES string of the molecule is O=C(CCc1ccc(Cl)cc1)Nc1nnc(-c2cccs2)s1. The molecule has 0 saturated heterocycles. The fourth-order valence-corrected chi connectivity index (χ4v) is 3.54. The molecule has 1 aromatic carbocycles. The van der Waals surface area contributed by atoms with Crippen molar-refractivity contribution < 1.29 is 4.79 Å². The summed E-state index contributed by atoms with van der Waals surface area (Å²) in [6.45, 7) is 0. The third-order valence-corrected chi connectivity index (χ3v) is 5.09. The first-order chi connectivity index (χ1) is 10.7. The number of aryl methyl sites for hydroxylation is 1. The lowest BCUT2D eigenvalue weighted by atomic mass is 10.1. The molecule has 3 rings (SSSR count). The van der Waals surface area contributed by atoms with Crippen molar-refractivity contribution in [2.24, 2.45) is 0 Å². The average molecular weight is 350 g/mol. The van der Waals surface area contributed by atoms with Gasteiger partial charge in [-0.2, -0.15) is 0 Å². The summed E-state index contributed by atoms with van der Waals surface area (Å²) in [5.74, 6) is -0.0659. The largest absolute Gasteiger partial charge is 0.301 e. The van der Waals surface area contributed by atoms with Gasteiger partial charge in [-0.15, -0.1) is 21.5 Å². The van der Waals surface area contributed by atoms with E-state index in [0.717, 1.165) is 15.4 Å². The Morgan fingerprint density at radius 2 is 2.00 bits per heavy atom. The Morgan fingerprint density at radius 1 is 1.18 bits per heavy atom. The van der Waals surface area contributed by atoms with Crippen molar-refractivity contribution in [3.63, 3.8) is 0 Å². The summed E-state index contributed by atoms with van der Waals surface area (Å²) in [6, 6.07) is 11.5. The number of anilines is 1. The molecular weight excluding hydrogens is 338 g/mol. The van der Waals surface area contributed by atoms with E-state index < -0.39 is 0 Å². The van der Waals surface area contributed by atoms with E-state index in [-0.39, 0.29) is 5.91 Å². The molecule has 0 saturated carbocycles. The second-order valence-electron chi connectivity index (χ2n) is 4.56. The van der Waals surface area contributed by atoms with E-state index in [1.165, 1.54) is 11.3 Å². The zero-order valence-corrected chi connectivity index (χ0v) is 13.8. The highest BCUT2D eigenvalue weighted by atomic mass is 35.5. The first kappa shape index (κ1) is 15.1. The molecule has 0 fully saturated rings. The summed E-state index contributed by atoms with van der Waals surface area (Å²) in [4.78, 5) is 13.0. The second-order valence-corrected chi connectivity index (χ2v) is 6.93. The molecule has 1 N–H and O–H groups in total. The smallest absolute Gasteiger partial charge is 0.226 e. The molecule has 2 aromatic heterocycles. The highest BCUT2D eigenvalue weighted by Gasteiger charge is 2.10. The standard InChI is InChI=1S/C15H12ClN3OS2/c16-11-6-3-10(4-7-11)5-8-13(20)17-15-19-18-14(22-15)12-2-1-9-21-12/h1-4,6-7,9H,5,8H2,(H,17,19,20). The molecule has 0 bridgehead atoms. The van der Waals surface area contributed by atoms with Gasteiger partial charge >= 0.3 is 0 Å². The Kier molecular flexibility index (Phi) is 4.82. The first-order valence-electron chi connectivity index (χ1n) is 6.62. The summed E-state index contributed by atoms with van der Waals surface area (Å²) >= 11 is 8.82. The molecule has 0 spiro atoms. The van der Waals surface area contributed by atoms with Crippen LogP contribution >= 0.6 is 34.3 Å². The maximum Gasteiger partial charge on any atom is 0.226 e. The lowest BCUT2D eigenvalue weighted by molar-refractivity contribution is -0.116. The van der Waals surface area contributed by atoms with Crippen molar-refractivity contribution in [3.05, 3.63) is 52.4 Å². The molecule has 0 aliphatic rings. The zero-order chi connectivity index (χ0) is 15.4. The topological polar surface area (TPSA) is 54.9 Å². The number of hydrogen-bond acceptors (Lipinski definition) is 5. The number of rotatable bonds is 5. The monoisotopic (exact) mass is 349 g/mol. The molecule has 0 atom stereocenters. The maximum absolute atomic E-state index is 12.0. The Balaban J connectivity index is 1.54. The fourth-order valence-electron chi connectivity index (χ4n) is 1.86. The number of nitrogens with one attached hydrogen (secondary N) is 1. The predicted molar refractivity (Wildman–Crippen MR) is 91.6 cm³/mol. The summed E-state index contributed by atoms with van der Waals surface area (Å²) < 4.78 is 0. The van der Waals surface area contributed by atoms with E-state index in [2.05, 4.69) is 15.5 Å². The van der Waals surface area contributed by atoms with Crippen LogP contribution in [0.15, 0.2) is 41.8 Å². The lowest BCUT2D eigenvalue weighted by Crippen LogP contribution is -2.12. The number of carbonyl (C=O) groups is 1.